The summed E-state index contributed by atoms with van der Waals surface area (Å²) >= 11 is 0. The quantitative estimate of drug-likeness (QED) is 0.535. The topological polar surface area (TPSA) is 49.4 Å². The van der Waals surface area contributed by atoms with E-state index in [1.165, 1.54) is 0 Å². The van der Waals surface area contributed by atoms with E-state index in [1.54, 1.807) is 0 Å². The molecule has 0 saturated heterocycles. The van der Waals surface area contributed by atoms with E-state index < -0.39 is 26.5 Å². The van der Waals surface area contributed by atoms with Gasteiger partial charge in [-0.2, -0.15) is 13.2 Å². The van der Waals surface area contributed by atoms with Crippen molar-refractivity contribution in [2.75, 3.05) is 12.8 Å². The molecule has 78 valence electrons. The van der Waals surface area contributed by atoms with Gasteiger partial charge in [-0.05, 0) is 6.08 Å². The number of alkyl halides is 3. The summed E-state index contributed by atoms with van der Waals surface area (Å²) in [7, 11) is -4.94. The highest BCUT2D eigenvalue weighted by atomic mass is 31.2. The Hall–Kier alpha value is -0.390. The average molecular weight is 221 g/mol. The zero-order valence-electron chi connectivity index (χ0n) is 6.25. The van der Waals surface area contributed by atoms with Gasteiger partial charge >= 0.3 is 6.18 Å². The van der Waals surface area contributed by atoms with Gasteiger partial charge in [0, 0.05) is 0 Å². The van der Waals surface area contributed by atoms with Crippen molar-refractivity contribution in [3.05, 3.63) is 12.4 Å². The van der Waals surface area contributed by atoms with Gasteiger partial charge in [0.1, 0.15) is 13.8 Å². The van der Waals surface area contributed by atoms with Crippen LogP contribution in [-0.4, -0.2) is 18.9 Å². The van der Waals surface area contributed by atoms with E-state index in [1.807, 2.05) is 0 Å². The van der Waals surface area contributed by atoms with Crippen molar-refractivity contribution in [2.45, 2.75) is 6.18 Å². The Balaban J connectivity index is 4.02. The van der Waals surface area contributed by atoms with E-state index in [0.717, 1.165) is 0 Å². The molecule has 0 saturated carbocycles. The molecule has 0 spiro atoms. The molecule has 0 aromatic heterocycles. The molecular weight excluding hydrogens is 215 g/mol. The molecule has 0 aliphatic heterocycles. The summed E-state index contributed by atoms with van der Waals surface area (Å²) in [6.45, 7) is -0.729. The maximum atomic E-state index is 11.5. The summed E-state index contributed by atoms with van der Waals surface area (Å²) in [5.41, 5.74) is 0. The van der Waals surface area contributed by atoms with Gasteiger partial charge in [-0.1, -0.05) is 0 Å². The van der Waals surface area contributed by atoms with Gasteiger partial charge in [-0.3, -0.25) is 0 Å². The largest absolute Gasteiger partial charge is 0.778 e. The first-order valence-corrected chi connectivity index (χ1v) is 4.76. The fourth-order valence-electron chi connectivity index (χ4n) is 0.458. The van der Waals surface area contributed by atoms with Crippen LogP contribution >= 0.6 is 7.60 Å². The van der Waals surface area contributed by atoms with E-state index in [2.05, 4.69) is 4.52 Å². The smallest absolute Gasteiger partial charge is 0.396 e. The normalized spacial score (nSPS) is 17.6. The molecule has 0 heterocycles. The molecule has 1 atom stereocenters. The lowest BCUT2D eigenvalue weighted by atomic mass is 10.7. The number of halogens is 4. The maximum absolute atomic E-state index is 11.5. The molecule has 8 heteroatoms. The highest BCUT2D eigenvalue weighted by molar-refractivity contribution is 7.51. The first kappa shape index (κ1) is 12.6. The van der Waals surface area contributed by atoms with Crippen LogP contribution in [0.1, 0.15) is 0 Å². The standard InChI is InChI=1S/C5H7F4O3P/c6-2-1-3-12-13(10,11)4-5(7,8)9/h1-2H,3-4H2,(H,10,11)/p-1. The molecule has 0 N–H and O–H groups in total. The summed E-state index contributed by atoms with van der Waals surface area (Å²) in [5, 5.41) is 0. The zero-order valence-corrected chi connectivity index (χ0v) is 7.15. The molecule has 0 aromatic carbocycles. The highest BCUT2D eigenvalue weighted by Crippen LogP contribution is 2.42. The van der Waals surface area contributed by atoms with Gasteiger partial charge in [0.05, 0.1) is 12.9 Å². The van der Waals surface area contributed by atoms with Crippen molar-refractivity contribution in [1.82, 2.24) is 0 Å². The zero-order chi connectivity index (χ0) is 10.5. The predicted octanol–water partition coefficient (Wildman–Crippen LogP) is 1.60. The Labute approximate surface area is 71.5 Å². The molecule has 13 heavy (non-hydrogen) atoms. The van der Waals surface area contributed by atoms with Crippen LogP contribution in [0.3, 0.4) is 0 Å². The second kappa shape index (κ2) is 4.74. The second-order valence-electron chi connectivity index (χ2n) is 2.04. The lowest BCUT2D eigenvalue weighted by molar-refractivity contribution is -0.207. The minimum Gasteiger partial charge on any atom is -0.778 e. The van der Waals surface area contributed by atoms with Crippen molar-refractivity contribution in [2.24, 2.45) is 0 Å². The van der Waals surface area contributed by atoms with E-state index in [9.17, 15) is 27.0 Å². The SMILES string of the molecule is O=P([O-])(CC(F)(F)F)OCC=CF. The average Bonchev–Trinajstić information content (AvgIpc) is 1.81. The van der Waals surface area contributed by atoms with E-state index >= 15 is 0 Å². The minimum absolute atomic E-state index is 0.0202. The molecular formula is C5H6F4O3P-. The monoisotopic (exact) mass is 221 g/mol. The third-order valence-electron chi connectivity index (χ3n) is 0.829. The Morgan fingerprint density at radius 1 is 1.46 bits per heavy atom. The van der Waals surface area contributed by atoms with Gasteiger partial charge in [0.15, 0.2) is 0 Å². The lowest BCUT2D eigenvalue weighted by Gasteiger charge is -2.23. The van der Waals surface area contributed by atoms with Crippen molar-refractivity contribution in [3.8, 4) is 0 Å². The van der Waals surface area contributed by atoms with Gasteiger partial charge in [-0.15, -0.1) is 0 Å². The number of rotatable bonds is 4. The van der Waals surface area contributed by atoms with Gasteiger partial charge < -0.3 is 14.0 Å². The first-order valence-electron chi connectivity index (χ1n) is 3.03. The number of hydrogen-bond donors (Lipinski definition) is 0. The number of hydrogen-bond acceptors (Lipinski definition) is 3. The molecule has 0 radical (unpaired) electrons. The first-order chi connectivity index (χ1) is 5.77. The summed E-state index contributed by atoms with van der Waals surface area (Å²) < 4.78 is 60.0. The molecule has 3 nitrogen and oxygen atoms in total. The van der Waals surface area contributed by atoms with E-state index in [0.29, 0.717) is 6.08 Å². The van der Waals surface area contributed by atoms with Crippen molar-refractivity contribution in [1.29, 1.82) is 0 Å². The molecule has 0 amide bonds. The summed E-state index contributed by atoms with van der Waals surface area (Å²) in [6, 6.07) is 0. The highest BCUT2D eigenvalue weighted by Gasteiger charge is 2.33. The van der Waals surface area contributed by atoms with Crippen molar-refractivity contribution in [3.63, 3.8) is 0 Å². The van der Waals surface area contributed by atoms with Gasteiger partial charge in [0.2, 0.25) is 0 Å². The van der Waals surface area contributed by atoms with Crippen LogP contribution in [0.15, 0.2) is 12.4 Å². The molecule has 0 bridgehead atoms. The van der Waals surface area contributed by atoms with Crippen LogP contribution in [0.5, 0.6) is 0 Å². The molecule has 0 aliphatic carbocycles. The van der Waals surface area contributed by atoms with Crippen molar-refractivity contribution >= 4 is 7.60 Å². The molecule has 0 aromatic rings. The van der Waals surface area contributed by atoms with E-state index in [-0.39, 0.29) is 6.33 Å². The van der Waals surface area contributed by atoms with Crippen LogP contribution in [-0.2, 0) is 9.09 Å². The van der Waals surface area contributed by atoms with E-state index in [4.69, 9.17) is 0 Å². The van der Waals surface area contributed by atoms with Gasteiger partial charge in [-0.25, -0.2) is 4.39 Å². The molecule has 0 rings (SSSR count). The lowest BCUT2D eigenvalue weighted by Crippen LogP contribution is -2.21. The Kier molecular flexibility index (Phi) is 4.60. The van der Waals surface area contributed by atoms with Crippen LogP contribution in [0, 0.1) is 0 Å². The van der Waals surface area contributed by atoms with Gasteiger partial charge in [0.25, 0.3) is 0 Å². The van der Waals surface area contributed by atoms with Crippen LogP contribution in [0.4, 0.5) is 17.6 Å². The van der Waals surface area contributed by atoms with Crippen molar-refractivity contribution < 1.29 is 31.5 Å². The third-order valence-corrected chi connectivity index (χ3v) is 2.12. The Bertz CT molecular complexity index is 224. The van der Waals surface area contributed by atoms with Crippen LogP contribution < -0.4 is 4.89 Å². The van der Waals surface area contributed by atoms with Crippen LogP contribution in [0.2, 0.25) is 0 Å². The Morgan fingerprint density at radius 2 is 2.00 bits per heavy atom. The second-order valence-corrected chi connectivity index (χ2v) is 3.84. The third kappa shape index (κ3) is 7.95. The fourth-order valence-corrected chi connectivity index (χ4v) is 1.30. The summed E-state index contributed by atoms with van der Waals surface area (Å²) in [6.07, 6.45) is -6.26. The molecule has 0 aliphatic rings. The summed E-state index contributed by atoms with van der Waals surface area (Å²) in [5.74, 6) is 0. The Morgan fingerprint density at radius 3 is 2.38 bits per heavy atom. The molecule has 1 unspecified atom stereocenters. The fraction of sp³-hybridized carbons (Fsp3) is 0.600. The summed E-state index contributed by atoms with van der Waals surface area (Å²) in [4.78, 5) is 10.5. The minimum atomic E-state index is -4.94. The van der Waals surface area contributed by atoms with Crippen LogP contribution in [0.25, 0.3) is 0 Å². The predicted molar refractivity (Wildman–Crippen MR) is 34.7 cm³/mol. The maximum Gasteiger partial charge on any atom is 0.396 e. The molecule has 0 fully saturated rings.